The lowest BCUT2D eigenvalue weighted by Gasteiger charge is -2.12. The van der Waals surface area contributed by atoms with Gasteiger partial charge in [0.1, 0.15) is 6.71 Å². The predicted octanol–water partition coefficient (Wildman–Crippen LogP) is 6.10. The fourth-order valence-electron chi connectivity index (χ4n) is 2.83. The van der Waals surface area contributed by atoms with Gasteiger partial charge in [-0.05, 0) is 18.4 Å². The van der Waals surface area contributed by atoms with Crippen molar-refractivity contribution in [3.63, 3.8) is 0 Å². The van der Waals surface area contributed by atoms with Gasteiger partial charge < -0.3 is 0 Å². The summed E-state index contributed by atoms with van der Waals surface area (Å²) in [5.74, 6) is 0. The molecule has 1 aromatic carbocycles. The molecule has 0 radical (unpaired) electrons. The Morgan fingerprint density at radius 2 is 1.32 bits per heavy atom. The van der Waals surface area contributed by atoms with E-state index in [4.69, 9.17) is 0 Å². The molecule has 0 fully saturated rings. The zero-order valence-electron chi connectivity index (χ0n) is 13.0. The smallest absolute Gasteiger partial charge is 0.0742 e. The maximum Gasteiger partial charge on any atom is 0.139 e. The van der Waals surface area contributed by atoms with Crippen molar-refractivity contribution in [3.8, 4) is 0 Å². The molecular formula is C18H31B. The minimum absolute atomic E-state index is 0.996. The lowest BCUT2D eigenvalue weighted by atomic mass is 9.41. The third-order valence-corrected chi connectivity index (χ3v) is 4.10. The van der Waals surface area contributed by atoms with Crippen LogP contribution < -0.4 is 0 Å². The van der Waals surface area contributed by atoms with Crippen molar-refractivity contribution in [2.24, 2.45) is 0 Å². The van der Waals surface area contributed by atoms with E-state index >= 15 is 0 Å². The average Bonchev–Trinajstić information content (AvgIpc) is 2.46. The van der Waals surface area contributed by atoms with E-state index in [-0.39, 0.29) is 0 Å². The van der Waals surface area contributed by atoms with E-state index in [2.05, 4.69) is 44.2 Å². The Hall–Kier alpha value is -0.715. The number of hydrogen-bond acceptors (Lipinski definition) is 0. The second-order valence-corrected chi connectivity index (χ2v) is 5.88. The molecule has 19 heavy (non-hydrogen) atoms. The summed E-state index contributed by atoms with van der Waals surface area (Å²) in [5.41, 5.74) is 1.50. The molecule has 0 aliphatic carbocycles. The molecule has 1 rings (SSSR count). The zero-order chi connectivity index (χ0) is 13.8. The molecule has 0 unspecified atom stereocenters. The Kier molecular flexibility index (Phi) is 9.58. The van der Waals surface area contributed by atoms with E-state index in [9.17, 15) is 0 Å². The average molecular weight is 258 g/mol. The van der Waals surface area contributed by atoms with Crippen molar-refractivity contribution in [2.75, 3.05) is 0 Å². The molecule has 0 heterocycles. The van der Waals surface area contributed by atoms with E-state index in [0.717, 1.165) is 6.71 Å². The van der Waals surface area contributed by atoms with Crippen LogP contribution in [0.25, 0.3) is 0 Å². The zero-order valence-corrected chi connectivity index (χ0v) is 13.0. The number of aryl methyl sites for hydroxylation is 1. The van der Waals surface area contributed by atoms with E-state index in [1.54, 1.807) is 0 Å². The largest absolute Gasteiger partial charge is 0.139 e. The molecule has 0 aliphatic rings. The summed E-state index contributed by atoms with van der Waals surface area (Å²) >= 11 is 0. The lowest BCUT2D eigenvalue weighted by molar-refractivity contribution is 0.771. The second kappa shape index (κ2) is 11.1. The topological polar surface area (TPSA) is 0 Å². The Morgan fingerprint density at radius 3 is 1.89 bits per heavy atom. The fourth-order valence-corrected chi connectivity index (χ4v) is 2.83. The first-order chi connectivity index (χ1) is 9.36. The van der Waals surface area contributed by atoms with Crippen LogP contribution >= 0.6 is 0 Å². The molecule has 0 saturated carbocycles. The minimum atomic E-state index is 0.996. The molecule has 0 N–H and O–H groups in total. The SMILES string of the molecule is CCCCB(CCCC)CCCCc1ccccc1. The molecule has 0 aliphatic heterocycles. The van der Waals surface area contributed by atoms with Crippen LogP contribution in [-0.2, 0) is 6.42 Å². The van der Waals surface area contributed by atoms with Gasteiger partial charge in [-0.25, -0.2) is 0 Å². The molecule has 0 atom stereocenters. The number of hydrogen-bond donors (Lipinski definition) is 0. The third-order valence-electron chi connectivity index (χ3n) is 4.10. The van der Waals surface area contributed by atoms with Crippen molar-refractivity contribution in [2.45, 2.75) is 77.8 Å². The van der Waals surface area contributed by atoms with Crippen LogP contribution in [-0.4, -0.2) is 6.71 Å². The van der Waals surface area contributed by atoms with Gasteiger partial charge in [0.25, 0.3) is 0 Å². The Bertz CT molecular complexity index is 286. The van der Waals surface area contributed by atoms with Gasteiger partial charge in [0.2, 0.25) is 0 Å². The van der Waals surface area contributed by atoms with Crippen LogP contribution in [0.3, 0.4) is 0 Å². The highest BCUT2D eigenvalue weighted by molar-refractivity contribution is 6.58. The highest BCUT2D eigenvalue weighted by Crippen LogP contribution is 2.17. The van der Waals surface area contributed by atoms with Crippen LogP contribution in [0.5, 0.6) is 0 Å². The van der Waals surface area contributed by atoms with Gasteiger partial charge in [-0.15, -0.1) is 0 Å². The third kappa shape index (κ3) is 8.13. The van der Waals surface area contributed by atoms with Crippen molar-refractivity contribution in [1.29, 1.82) is 0 Å². The maximum atomic E-state index is 2.31. The molecule has 0 aromatic heterocycles. The van der Waals surface area contributed by atoms with Gasteiger partial charge in [0.05, 0.1) is 0 Å². The number of benzene rings is 1. The Morgan fingerprint density at radius 1 is 0.737 bits per heavy atom. The first-order valence-corrected chi connectivity index (χ1v) is 8.40. The van der Waals surface area contributed by atoms with Gasteiger partial charge >= 0.3 is 0 Å². The summed E-state index contributed by atoms with van der Waals surface area (Å²) in [6.07, 6.45) is 14.0. The fraction of sp³-hybridized carbons (Fsp3) is 0.667. The van der Waals surface area contributed by atoms with Crippen LogP contribution in [0, 0.1) is 0 Å². The second-order valence-electron chi connectivity index (χ2n) is 5.88. The predicted molar refractivity (Wildman–Crippen MR) is 89.4 cm³/mol. The van der Waals surface area contributed by atoms with Crippen molar-refractivity contribution in [3.05, 3.63) is 35.9 Å². The molecule has 1 heteroatoms. The van der Waals surface area contributed by atoms with Crippen molar-refractivity contribution < 1.29 is 0 Å². The molecular weight excluding hydrogens is 227 g/mol. The van der Waals surface area contributed by atoms with Crippen LogP contribution in [0.4, 0.5) is 0 Å². The van der Waals surface area contributed by atoms with Gasteiger partial charge in [-0.2, -0.15) is 0 Å². The van der Waals surface area contributed by atoms with Crippen LogP contribution in [0.2, 0.25) is 19.0 Å². The molecule has 0 nitrogen and oxygen atoms in total. The molecule has 0 spiro atoms. The van der Waals surface area contributed by atoms with Gasteiger partial charge in [0.15, 0.2) is 0 Å². The first kappa shape index (κ1) is 16.3. The summed E-state index contributed by atoms with van der Waals surface area (Å²) in [4.78, 5) is 0. The maximum absolute atomic E-state index is 2.31. The van der Waals surface area contributed by atoms with E-state index in [1.807, 2.05) is 0 Å². The van der Waals surface area contributed by atoms with Crippen molar-refractivity contribution in [1.82, 2.24) is 0 Å². The van der Waals surface area contributed by atoms with Gasteiger partial charge in [-0.1, -0.05) is 95.2 Å². The monoisotopic (exact) mass is 258 g/mol. The number of rotatable bonds is 11. The molecule has 1 aromatic rings. The van der Waals surface area contributed by atoms with E-state index in [0.29, 0.717) is 0 Å². The lowest BCUT2D eigenvalue weighted by Crippen LogP contribution is -2.11. The highest BCUT2D eigenvalue weighted by atomic mass is 14.0. The van der Waals surface area contributed by atoms with E-state index in [1.165, 1.54) is 69.5 Å². The quantitative estimate of drug-likeness (QED) is 0.332. The van der Waals surface area contributed by atoms with Crippen LogP contribution in [0.15, 0.2) is 30.3 Å². The summed E-state index contributed by atoms with van der Waals surface area (Å²) in [5, 5.41) is 0. The Labute approximate surface area is 121 Å². The minimum Gasteiger partial charge on any atom is -0.0742 e. The van der Waals surface area contributed by atoms with Gasteiger partial charge in [0, 0.05) is 0 Å². The number of unbranched alkanes of at least 4 members (excludes halogenated alkanes) is 3. The normalized spacial score (nSPS) is 10.6. The van der Waals surface area contributed by atoms with Gasteiger partial charge in [-0.3, -0.25) is 0 Å². The van der Waals surface area contributed by atoms with E-state index < -0.39 is 0 Å². The summed E-state index contributed by atoms with van der Waals surface area (Å²) in [6, 6.07) is 10.9. The summed E-state index contributed by atoms with van der Waals surface area (Å²) in [7, 11) is 0. The molecule has 0 bridgehead atoms. The first-order valence-electron chi connectivity index (χ1n) is 8.40. The standard InChI is InChI=1S/C18H31B/c1-3-5-15-19(16-6-4-2)17-11-10-14-18-12-8-7-9-13-18/h7-9,12-13H,3-6,10-11,14-17H2,1-2H3. The molecule has 0 amide bonds. The van der Waals surface area contributed by atoms with Crippen LogP contribution in [0.1, 0.15) is 57.9 Å². The molecule has 106 valence electrons. The van der Waals surface area contributed by atoms with Crippen molar-refractivity contribution >= 4 is 6.71 Å². The summed E-state index contributed by atoms with van der Waals surface area (Å²) in [6.45, 7) is 5.62. The Balaban J connectivity index is 2.16. The summed E-state index contributed by atoms with van der Waals surface area (Å²) < 4.78 is 0. The highest BCUT2D eigenvalue weighted by Gasteiger charge is 2.11. The molecule has 0 saturated heterocycles.